The van der Waals surface area contributed by atoms with Gasteiger partial charge in [0.25, 0.3) is 0 Å². The maximum absolute atomic E-state index is 9.67. The average molecular weight is 144 g/mol. The lowest BCUT2D eigenvalue weighted by Crippen LogP contribution is -2.29. The summed E-state index contributed by atoms with van der Waals surface area (Å²) in [5.74, 6) is 0.331. The summed E-state index contributed by atoms with van der Waals surface area (Å²) in [7, 11) is 0. The first-order chi connectivity index (χ1) is 4.67. The van der Waals surface area contributed by atoms with E-state index in [1.165, 1.54) is 0 Å². The van der Waals surface area contributed by atoms with Gasteiger partial charge in [-0.2, -0.15) is 0 Å². The van der Waals surface area contributed by atoms with E-state index in [1.807, 2.05) is 6.92 Å². The third kappa shape index (κ3) is 1.50. The molecular formula is C8H16O2. The van der Waals surface area contributed by atoms with Crippen molar-refractivity contribution in [3.05, 3.63) is 0 Å². The van der Waals surface area contributed by atoms with Gasteiger partial charge in [0.15, 0.2) is 0 Å². The highest BCUT2D eigenvalue weighted by atomic mass is 16.3. The largest absolute Gasteiger partial charge is 0.396 e. The van der Waals surface area contributed by atoms with Crippen LogP contribution in [0.2, 0.25) is 0 Å². The molecule has 0 aromatic heterocycles. The predicted molar refractivity (Wildman–Crippen MR) is 39.7 cm³/mol. The van der Waals surface area contributed by atoms with Gasteiger partial charge in [0, 0.05) is 6.61 Å². The molecule has 60 valence electrons. The summed E-state index contributed by atoms with van der Waals surface area (Å²) in [4.78, 5) is 0. The van der Waals surface area contributed by atoms with Crippen molar-refractivity contribution < 1.29 is 10.2 Å². The van der Waals surface area contributed by atoms with Crippen molar-refractivity contribution in [1.82, 2.24) is 0 Å². The van der Waals surface area contributed by atoms with Crippen molar-refractivity contribution in [2.24, 2.45) is 5.92 Å². The fourth-order valence-corrected chi connectivity index (χ4v) is 1.83. The molecule has 1 fully saturated rings. The third-order valence-corrected chi connectivity index (χ3v) is 2.59. The summed E-state index contributed by atoms with van der Waals surface area (Å²) in [6, 6.07) is 0. The van der Waals surface area contributed by atoms with Crippen molar-refractivity contribution in [2.45, 2.75) is 38.2 Å². The van der Waals surface area contributed by atoms with Crippen LogP contribution in [0.25, 0.3) is 0 Å². The first-order valence-electron chi connectivity index (χ1n) is 4.00. The molecule has 0 aromatic carbocycles. The van der Waals surface area contributed by atoms with Gasteiger partial charge >= 0.3 is 0 Å². The Hall–Kier alpha value is -0.0800. The predicted octanol–water partition coefficient (Wildman–Crippen LogP) is 0.920. The van der Waals surface area contributed by atoms with Crippen molar-refractivity contribution in [3.63, 3.8) is 0 Å². The van der Waals surface area contributed by atoms with E-state index in [2.05, 4.69) is 0 Å². The minimum absolute atomic E-state index is 0.209. The Kier molecular flexibility index (Phi) is 2.32. The molecule has 1 rings (SSSR count). The van der Waals surface area contributed by atoms with Crippen LogP contribution in [-0.2, 0) is 0 Å². The molecule has 0 aromatic rings. The second-order valence-electron chi connectivity index (χ2n) is 3.46. The van der Waals surface area contributed by atoms with Gasteiger partial charge in [-0.1, -0.05) is 6.42 Å². The lowest BCUT2D eigenvalue weighted by Gasteiger charge is -2.24. The Bertz CT molecular complexity index is 110. The molecule has 10 heavy (non-hydrogen) atoms. The smallest absolute Gasteiger partial charge is 0.0648 e. The van der Waals surface area contributed by atoms with Gasteiger partial charge in [-0.05, 0) is 32.1 Å². The summed E-state index contributed by atoms with van der Waals surface area (Å²) in [5, 5.41) is 18.3. The molecule has 2 atom stereocenters. The van der Waals surface area contributed by atoms with Crippen LogP contribution >= 0.6 is 0 Å². The van der Waals surface area contributed by atoms with Crippen LogP contribution in [0.3, 0.4) is 0 Å². The van der Waals surface area contributed by atoms with Crippen LogP contribution in [0.1, 0.15) is 32.6 Å². The maximum atomic E-state index is 9.67. The third-order valence-electron chi connectivity index (χ3n) is 2.59. The Morgan fingerprint density at radius 2 is 2.30 bits per heavy atom. The topological polar surface area (TPSA) is 40.5 Å². The second kappa shape index (κ2) is 2.89. The normalized spacial score (nSPS) is 40.5. The van der Waals surface area contributed by atoms with Crippen LogP contribution in [0.15, 0.2) is 0 Å². The van der Waals surface area contributed by atoms with Crippen molar-refractivity contribution >= 4 is 0 Å². The maximum Gasteiger partial charge on any atom is 0.0648 e. The van der Waals surface area contributed by atoms with Gasteiger partial charge in [0.05, 0.1) is 5.60 Å². The molecule has 0 saturated heterocycles. The van der Waals surface area contributed by atoms with Crippen LogP contribution in [-0.4, -0.2) is 22.4 Å². The number of hydrogen-bond donors (Lipinski definition) is 2. The minimum Gasteiger partial charge on any atom is -0.396 e. The molecule has 0 heterocycles. The SMILES string of the molecule is C[C@]1(O)CCC[C@H]1CCO. The highest BCUT2D eigenvalue weighted by molar-refractivity contribution is 4.87. The van der Waals surface area contributed by atoms with Crippen LogP contribution in [0.5, 0.6) is 0 Å². The Labute approximate surface area is 61.9 Å². The molecule has 1 saturated carbocycles. The Balaban J connectivity index is 2.43. The molecule has 2 heteroatoms. The number of rotatable bonds is 2. The zero-order valence-corrected chi connectivity index (χ0v) is 6.51. The molecule has 1 aliphatic carbocycles. The van der Waals surface area contributed by atoms with Gasteiger partial charge in [-0.25, -0.2) is 0 Å². The van der Waals surface area contributed by atoms with Gasteiger partial charge in [-0.3, -0.25) is 0 Å². The minimum atomic E-state index is -0.497. The first-order valence-corrected chi connectivity index (χ1v) is 4.00. The van der Waals surface area contributed by atoms with Crippen LogP contribution in [0.4, 0.5) is 0 Å². The van der Waals surface area contributed by atoms with Crippen molar-refractivity contribution in [3.8, 4) is 0 Å². The zero-order valence-electron chi connectivity index (χ0n) is 6.51. The van der Waals surface area contributed by atoms with E-state index in [1.54, 1.807) is 0 Å². The van der Waals surface area contributed by atoms with E-state index in [0.717, 1.165) is 25.7 Å². The molecule has 1 aliphatic rings. The number of aliphatic hydroxyl groups excluding tert-OH is 1. The molecule has 0 unspecified atom stereocenters. The van der Waals surface area contributed by atoms with E-state index < -0.39 is 5.60 Å². The fraction of sp³-hybridized carbons (Fsp3) is 1.00. The zero-order chi connectivity index (χ0) is 7.61. The van der Waals surface area contributed by atoms with E-state index >= 15 is 0 Å². The summed E-state index contributed by atoms with van der Waals surface area (Å²) in [5.41, 5.74) is -0.497. The van der Waals surface area contributed by atoms with Crippen LogP contribution < -0.4 is 0 Å². The highest BCUT2D eigenvalue weighted by Gasteiger charge is 2.35. The molecular weight excluding hydrogens is 128 g/mol. The summed E-state index contributed by atoms with van der Waals surface area (Å²) in [6.07, 6.45) is 3.84. The second-order valence-corrected chi connectivity index (χ2v) is 3.46. The van der Waals surface area contributed by atoms with E-state index in [-0.39, 0.29) is 6.61 Å². The van der Waals surface area contributed by atoms with Crippen molar-refractivity contribution in [2.75, 3.05) is 6.61 Å². The molecule has 0 aliphatic heterocycles. The lowest BCUT2D eigenvalue weighted by molar-refractivity contribution is 0.0116. The molecule has 0 bridgehead atoms. The summed E-state index contributed by atoms with van der Waals surface area (Å²) < 4.78 is 0. The Morgan fingerprint density at radius 3 is 2.70 bits per heavy atom. The molecule has 2 N–H and O–H groups in total. The highest BCUT2D eigenvalue weighted by Crippen LogP contribution is 2.36. The van der Waals surface area contributed by atoms with Crippen LogP contribution in [0, 0.1) is 5.92 Å². The summed E-state index contributed by atoms with van der Waals surface area (Å²) >= 11 is 0. The Morgan fingerprint density at radius 1 is 1.60 bits per heavy atom. The van der Waals surface area contributed by atoms with E-state index in [4.69, 9.17) is 5.11 Å². The summed E-state index contributed by atoms with van der Waals surface area (Å²) in [6.45, 7) is 2.08. The fourth-order valence-electron chi connectivity index (χ4n) is 1.83. The molecule has 0 spiro atoms. The number of aliphatic hydroxyl groups is 2. The van der Waals surface area contributed by atoms with Crippen molar-refractivity contribution in [1.29, 1.82) is 0 Å². The van der Waals surface area contributed by atoms with Gasteiger partial charge in [0.1, 0.15) is 0 Å². The monoisotopic (exact) mass is 144 g/mol. The molecule has 2 nitrogen and oxygen atoms in total. The molecule has 0 amide bonds. The first kappa shape index (κ1) is 8.02. The van der Waals surface area contributed by atoms with Gasteiger partial charge in [-0.15, -0.1) is 0 Å². The molecule has 0 radical (unpaired) electrons. The standard InChI is InChI=1S/C8H16O2/c1-8(10)5-2-3-7(8)4-6-9/h7,9-10H,2-6H2,1H3/t7-,8-/m0/s1. The average Bonchev–Trinajstić information content (AvgIpc) is 2.13. The van der Waals surface area contributed by atoms with Gasteiger partial charge < -0.3 is 10.2 Å². The van der Waals surface area contributed by atoms with E-state index in [9.17, 15) is 5.11 Å². The quantitative estimate of drug-likeness (QED) is 0.605. The lowest BCUT2D eigenvalue weighted by atomic mass is 9.90. The van der Waals surface area contributed by atoms with Gasteiger partial charge in [0.2, 0.25) is 0 Å². The van der Waals surface area contributed by atoms with E-state index in [0.29, 0.717) is 5.92 Å². The number of hydrogen-bond acceptors (Lipinski definition) is 2.